The van der Waals surface area contributed by atoms with Crippen molar-refractivity contribution in [3.63, 3.8) is 0 Å². The van der Waals surface area contributed by atoms with Crippen molar-refractivity contribution in [3.05, 3.63) is 35.9 Å². The molecule has 0 fully saturated rings. The minimum atomic E-state index is -5.11. The molecule has 23 heavy (non-hydrogen) atoms. The van der Waals surface area contributed by atoms with E-state index in [-0.39, 0.29) is 6.61 Å². The van der Waals surface area contributed by atoms with Gasteiger partial charge in [-0.2, -0.15) is 13.2 Å². The number of amides is 1. The highest BCUT2D eigenvalue weighted by atomic mass is 79.9. The molecule has 0 aliphatic heterocycles. The predicted molar refractivity (Wildman–Crippen MR) is 81.5 cm³/mol. The molecule has 0 aliphatic rings. The molecule has 1 rings (SSSR count). The lowest BCUT2D eigenvalue weighted by molar-refractivity contribution is -0.178. The molecule has 0 bridgehead atoms. The van der Waals surface area contributed by atoms with E-state index in [1.165, 1.54) is 20.8 Å². The third-order valence-corrected chi connectivity index (χ3v) is 4.78. The van der Waals surface area contributed by atoms with Crippen LogP contribution in [0.2, 0.25) is 0 Å². The average Bonchev–Trinajstić information content (AvgIpc) is 2.43. The molecule has 0 aromatic heterocycles. The van der Waals surface area contributed by atoms with Gasteiger partial charge in [-0.3, -0.25) is 4.79 Å². The molecule has 128 valence electrons. The van der Waals surface area contributed by atoms with Crippen molar-refractivity contribution >= 4 is 27.8 Å². The Bertz CT molecular complexity index is 570. The molecule has 1 N–H and O–H groups in total. The van der Waals surface area contributed by atoms with E-state index < -0.39 is 27.9 Å². The van der Waals surface area contributed by atoms with E-state index in [1.807, 2.05) is 0 Å². The maximum absolute atomic E-state index is 12.5. The summed E-state index contributed by atoms with van der Waals surface area (Å²) in [5.74, 6) is -3.23. The molecule has 0 spiro atoms. The number of nitrogens with one attached hydrogen (secondary N) is 1. The Morgan fingerprint density at radius 1 is 1.13 bits per heavy atom. The molecule has 0 saturated carbocycles. The van der Waals surface area contributed by atoms with Gasteiger partial charge in [0.2, 0.25) is 0 Å². The first-order chi connectivity index (χ1) is 10.4. The van der Waals surface area contributed by atoms with Gasteiger partial charge in [0, 0.05) is 5.41 Å². The van der Waals surface area contributed by atoms with Crippen LogP contribution < -0.4 is 5.32 Å². The van der Waals surface area contributed by atoms with Crippen LogP contribution in [0.25, 0.3) is 0 Å². The zero-order chi connectivity index (χ0) is 17.9. The first kappa shape index (κ1) is 19.5. The van der Waals surface area contributed by atoms with E-state index in [4.69, 9.17) is 4.74 Å². The maximum Gasteiger partial charge on any atom is 0.471 e. The molecular formula is C15H17BrF3NO3. The van der Waals surface area contributed by atoms with Crippen molar-refractivity contribution in [1.82, 2.24) is 5.32 Å². The fourth-order valence-electron chi connectivity index (χ4n) is 1.59. The molecule has 0 unspecified atom stereocenters. The van der Waals surface area contributed by atoms with Crippen LogP contribution in [0.15, 0.2) is 30.3 Å². The monoisotopic (exact) mass is 395 g/mol. The van der Waals surface area contributed by atoms with Crippen LogP contribution in [0.4, 0.5) is 13.2 Å². The van der Waals surface area contributed by atoms with Crippen LogP contribution in [0.3, 0.4) is 0 Å². The molecule has 1 amide bonds. The van der Waals surface area contributed by atoms with Crippen molar-refractivity contribution < 1.29 is 27.5 Å². The fourth-order valence-corrected chi connectivity index (χ4v) is 1.89. The zero-order valence-electron chi connectivity index (χ0n) is 12.8. The summed E-state index contributed by atoms with van der Waals surface area (Å²) in [6, 6.07) is 8.65. The SMILES string of the molecule is CC(C)(C)[C@](Br)(NC(=O)C(F)(F)F)C(=O)OCc1ccccc1. The first-order valence-electron chi connectivity index (χ1n) is 6.67. The lowest BCUT2D eigenvalue weighted by Crippen LogP contribution is -2.60. The Morgan fingerprint density at radius 3 is 2.09 bits per heavy atom. The number of rotatable bonds is 4. The van der Waals surface area contributed by atoms with Crippen LogP contribution in [0.5, 0.6) is 0 Å². The minimum Gasteiger partial charge on any atom is -0.458 e. The summed E-state index contributed by atoms with van der Waals surface area (Å²) in [6.07, 6.45) is -5.11. The normalized spacial score (nSPS) is 14.7. The van der Waals surface area contributed by atoms with Gasteiger partial charge in [-0.25, -0.2) is 4.79 Å². The predicted octanol–water partition coefficient (Wildman–Crippen LogP) is 3.55. The van der Waals surface area contributed by atoms with Gasteiger partial charge in [-0.1, -0.05) is 51.1 Å². The van der Waals surface area contributed by atoms with E-state index in [0.29, 0.717) is 5.56 Å². The van der Waals surface area contributed by atoms with Gasteiger partial charge >= 0.3 is 18.1 Å². The van der Waals surface area contributed by atoms with Crippen LogP contribution in [-0.4, -0.2) is 22.5 Å². The van der Waals surface area contributed by atoms with E-state index >= 15 is 0 Å². The Balaban J connectivity index is 2.93. The van der Waals surface area contributed by atoms with Crippen molar-refractivity contribution in [2.75, 3.05) is 0 Å². The Morgan fingerprint density at radius 2 is 1.65 bits per heavy atom. The highest BCUT2D eigenvalue weighted by molar-refractivity contribution is 9.10. The summed E-state index contributed by atoms with van der Waals surface area (Å²) < 4.78 is 40.5. The maximum atomic E-state index is 12.5. The van der Waals surface area contributed by atoms with Crippen molar-refractivity contribution in [2.24, 2.45) is 5.41 Å². The average molecular weight is 396 g/mol. The van der Waals surface area contributed by atoms with Gasteiger partial charge in [-0.15, -0.1) is 0 Å². The van der Waals surface area contributed by atoms with Gasteiger partial charge < -0.3 is 10.1 Å². The lowest BCUT2D eigenvalue weighted by Gasteiger charge is -2.38. The highest BCUT2D eigenvalue weighted by Gasteiger charge is 2.53. The van der Waals surface area contributed by atoms with E-state index in [0.717, 1.165) is 0 Å². The number of halogens is 4. The molecule has 1 aromatic rings. The third kappa shape index (κ3) is 4.95. The summed E-state index contributed by atoms with van der Waals surface area (Å²) in [5.41, 5.74) is -0.395. The second kappa shape index (κ2) is 6.90. The number of hydrogen-bond acceptors (Lipinski definition) is 3. The van der Waals surface area contributed by atoms with E-state index in [9.17, 15) is 22.8 Å². The second-order valence-electron chi connectivity index (χ2n) is 5.92. The molecule has 0 saturated heterocycles. The molecule has 1 aromatic carbocycles. The Labute approximate surface area is 140 Å². The van der Waals surface area contributed by atoms with Gasteiger partial charge in [-0.05, 0) is 21.5 Å². The van der Waals surface area contributed by atoms with Gasteiger partial charge in [0.25, 0.3) is 0 Å². The quantitative estimate of drug-likeness (QED) is 0.481. The van der Waals surface area contributed by atoms with Crippen molar-refractivity contribution in [1.29, 1.82) is 0 Å². The molecule has 4 nitrogen and oxygen atoms in total. The van der Waals surface area contributed by atoms with Crippen LogP contribution >= 0.6 is 15.9 Å². The molecule has 1 atom stereocenters. The number of carbonyl (C=O) groups is 2. The number of hydrogen-bond donors (Lipinski definition) is 1. The minimum absolute atomic E-state index is 0.120. The Kier molecular flexibility index (Phi) is 5.84. The lowest BCUT2D eigenvalue weighted by atomic mass is 9.86. The van der Waals surface area contributed by atoms with E-state index in [1.54, 1.807) is 35.6 Å². The van der Waals surface area contributed by atoms with Gasteiger partial charge in [0.05, 0.1) is 0 Å². The largest absolute Gasteiger partial charge is 0.471 e. The fraction of sp³-hybridized carbons (Fsp3) is 0.467. The number of esters is 1. The number of alkyl halides is 4. The summed E-state index contributed by atoms with van der Waals surface area (Å²) in [4.78, 5) is 23.5. The molecular weight excluding hydrogens is 379 g/mol. The molecule has 0 heterocycles. The number of benzene rings is 1. The third-order valence-electron chi connectivity index (χ3n) is 3.07. The molecule has 0 radical (unpaired) electrons. The summed E-state index contributed by atoms with van der Waals surface area (Å²) in [5, 5.41) is 1.69. The van der Waals surface area contributed by atoms with Gasteiger partial charge in [0.1, 0.15) is 6.61 Å². The Hall–Kier alpha value is -1.57. The van der Waals surface area contributed by atoms with Crippen LogP contribution in [-0.2, 0) is 20.9 Å². The number of ether oxygens (including phenoxy) is 1. The summed E-state index contributed by atoms with van der Waals surface area (Å²) in [7, 11) is 0. The van der Waals surface area contributed by atoms with Crippen LogP contribution in [0, 0.1) is 5.41 Å². The number of carbonyl (C=O) groups excluding carboxylic acids is 2. The second-order valence-corrected chi connectivity index (χ2v) is 7.11. The standard InChI is InChI=1S/C15H17BrF3NO3/c1-13(2,3)14(16,20-11(21)15(17,18)19)12(22)23-9-10-7-5-4-6-8-10/h4-8H,9H2,1-3H3,(H,20,21)/t14-/m1/s1. The molecule has 8 heteroatoms. The van der Waals surface area contributed by atoms with E-state index in [2.05, 4.69) is 15.9 Å². The topological polar surface area (TPSA) is 55.4 Å². The highest BCUT2D eigenvalue weighted by Crippen LogP contribution is 2.38. The van der Waals surface area contributed by atoms with Crippen molar-refractivity contribution in [2.45, 2.75) is 38.0 Å². The smallest absolute Gasteiger partial charge is 0.458 e. The summed E-state index contributed by atoms with van der Waals surface area (Å²) in [6.45, 7) is 4.39. The molecule has 0 aliphatic carbocycles. The summed E-state index contributed by atoms with van der Waals surface area (Å²) >= 11 is 2.93. The van der Waals surface area contributed by atoms with Gasteiger partial charge in [0.15, 0.2) is 4.45 Å². The van der Waals surface area contributed by atoms with Crippen molar-refractivity contribution in [3.8, 4) is 0 Å². The van der Waals surface area contributed by atoms with Crippen LogP contribution in [0.1, 0.15) is 26.3 Å². The first-order valence-corrected chi connectivity index (χ1v) is 7.46. The zero-order valence-corrected chi connectivity index (χ0v) is 14.4.